The van der Waals surface area contributed by atoms with Crippen LogP contribution in [-0.2, 0) is 21.4 Å². The van der Waals surface area contributed by atoms with Crippen molar-refractivity contribution in [1.82, 2.24) is 5.32 Å². The van der Waals surface area contributed by atoms with Crippen molar-refractivity contribution in [3.05, 3.63) is 65.2 Å². The molecule has 1 N–H and O–H groups in total. The Morgan fingerprint density at radius 1 is 1.04 bits per heavy atom. The standard InChI is InChI=1S/C19H24N2O3S/c1-15-6-4-8-17(12-15)14-20-19(22)10-11-21(25(3,23)24)18-9-5-7-16(2)13-18/h4-9,12-13H,10-11,14H2,1-3H3,(H,20,22). The van der Waals surface area contributed by atoms with Crippen LogP contribution in [0.25, 0.3) is 0 Å². The lowest BCUT2D eigenvalue weighted by atomic mass is 10.1. The van der Waals surface area contributed by atoms with Crippen LogP contribution in [0.3, 0.4) is 0 Å². The van der Waals surface area contributed by atoms with Gasteiger partial charge in [0.2, 0.25) is 15.9 Å². The zero-order chi connectivity index (χ0) is 18.4. The number of nitrogens with zero attached hydrogens (tertiary/aromatic N) is 1. The maximum atomic E-state index is 12.1. The van der Waals surface area contributed by atoms with E-state index >= 15 is 0 Å². The number of aryl methyl sites for hydroxylation is 2. The van der Waals surface area contributed by atoms with E-state index in [9.17, 15) is 13.2 Å². The smallest absolute Gasteiger partial charge is 0.232 e. The molecule has 0 atom stereocenters. The van der Waals surface area contributed by atoms with E-state index in [1.54, 1.807) is 18.2 Å². The zero-order valence-electron chi connectivity index (χ0n) is 14.8. The van der Waals surface area contributed by atoms with Gasteiger partial charge in [-0.3, -0.25) is 9.10 Å². The average molecular weight is 360 g/mol. The fourth-order valence-corrected chi connectivity index (χ4v) is 3.50. The fraction of sp³-hybridized carbons (Fsp3) is 0.316. The summed E-state index contributed by atoms with van der Waals surface area (Å²) in [4.78, 5) is 12.1. The van der Waals surface area contributed by atoms with E-state index in [-0.39, 0.29) is 18.9 Å². The lowest BCUT2D eigenvalue weighted by molar-refractivity contribution is -0.121. The van der Waals surface area contributed by atoms with Gasteiger partial charge >= 0.3 is 0 Å². The molecular weight excluding hydrogens is 336 g/mol. The van der Waals surface area contributed by atoms with Gasteiger partial charge in [0.05, 0.1) is 11.9 Å². The highest BCUT2D eigenvalue weighted by Gasteiger charge is 2.18. The van der Waals surface area contributed by atoms with Gasteiger partial charge in [-0.15, -0.1) is 0 Å². The van der Waals surface area contributed by atoms with E-state index < -0.39 is 10.0 Å². The summed E-state index contributed by atoms with van der Waals surface area (Å²) in [5.41, 5.74) is 3.70. The summed E-state index contributed by atoms with van der Waals surface area (Å²) in [6, 6.07) is 15.1. The quantitative estimate of drug-likeness (QED) is 0.826. The van der Waals surface area contributed by atoms with Crippen molar-refractivity contribution in [1.29, 1.82) is 0 Å². The second kappa shape index (κ2) is 8.16. The minimum Gasteiger partial charge on any atom is -0.352 e. The van der Waals surface area contributed by atoms with Crippen LogP contribution >= 0.6 is 0 Å². The molecule has 2 aromatic carbocycles. The van der Waals surface area contributed by atoms with E-state index in [4.69, 9.17) is 0 Å². The third kappa shape index (κ3) is 5.90. The molecule has 0 aromatic heterocycles. The minimum atomic E-state index is -3.45. The van der Waals surface area contributed by atoms with Crippen LogP contribution in [0.2, 0.25) is 0 Å². The van der Waals surface area contributed by atoms with Gasteiger partial charge in [-0.25, -0.2) is 8.42 Å². The number of carbonyl (C=O) groups excluding carboxylic acids is 1. The Labute approximate surface area is 149 Å². The van der Waals surface area contributed by atoms with E-state index in [1.807, 2.05) is 44.2 Å². The first-order valence-electron chi connectivity index (χ1n) is 8.12. The molecule has 0 bridgehead atoms. The third-order valence-electron chi connectivity index (χ3n) is 3.80. The Bertz CT molecular complexity index is 847. The first kappa shape index (κ1) is 19.0. The number of amides is 1. The van der Waals surface area contributed by atoms with Gasteiger partial charge in [0.1, 0.15) is 0 Å². The Morgan fingerprint density at radius 3 is 2.28 bits per heavy atom. The van der Waals surface area contributed by atoms with Crippen LogP contribution in [0.15, 0.2) is 48.5 Å². The first-order chi connectivity index (χ1) is 11.8. The van der Waals surface area contributed by atoms with Crippen molar-refractivity contribution in [3.8, 4) is 0 Å². The maximum absolute atomic E-state index is 12.1. The normalized spacial score (nSPS) is 11.2. The molecule has 1 amide bonds. The van der Waals surface area contributed by atoms with Crippen LogP contribution < -0.4 is 9.62 Å². The second-order valence-electron chi connectivity index (χ2n) is 6.19. The molecule has 0 unspecified atom stereocenters. The number of hydrogen-bond acceptors (Lipinski definition) is 3. The van der Waals surface area contributed by atoms with Gasteiger partial charge in [0.15, 0.2) is 0 Å². The summed E-state index contributed by atoms with van der Waals surface area (Å²) in [5, 5.41) is 2.84. The molecule has 5 nitrogen and oxygen atoms in total. The van der Waals surface area contributed by atoms with Crippen molar-refractivity contribution in [3.63, 3.8) is 0 Å². The van der Waals surface area contributed by atoms with Gasteiger partial charge in [0.25, 0.3) is 0 Å². The monoisotopic (exact) mass is 360 g/mol. The Kier molecular flexibility index (Phi) is 6.20. The molecule has 25 heavy (non-hydrogen) atoms. The number of hydrogen-bond donors (Lipinski definition) is 1. The highest BCUT2D eigenvalue weighted by molar-refractivity contribution is 7.92. The molecule has 0 aliphatic rings. The zero-order valence-corrected chi connectivity index (χ0v) is 15.6. The van der Waals surface area contributed by atoms with Gasteiger partial charge in [-0.05, 0) is 37.1 Å². The summed E-state index contributed by atoms with van der Waals surface area (Å²) in [6.45, 7) is 4.45. The van der Waals surface area contributed by atoms with Crippen molar-refractivity contribution >= 4 is 21.6 Å². The van der Waals surface area contributed by atoms with Gasteiger partial charge in [-0.2, -0.15) is 0 Å². The molecule has 0 heterocycles. The number of sulfonamides is 1. The van der Waals surface area contributed by atoms with E-state index in [2.05, 4.69) is 5.32 Å². The Hall–Kier alpha value is -2.34. The molecule has 0 spiro atoms. The van der Waals surface area contributed by atoms with E-state index in [1.165, 1.54) is 4.31 Å². The largest absolute Gasteiger partial charge is 0.352 e. The maximum Gasteiger partial charge on any atom is 0.232 e. The summed E-state index contributed by atoms with van der Waals surface area (Å²) in [7, 11) is -3.45. The molecule has 0 aliphatic carbocycles. The molecule has 134 valence electrons. The fourth-order valence-electron chi connectivity index (χ4n) is 2.58. The highest BCUT2D eigenvalue weighted by atomic mass is 32.2. The first-order valence-corrected chi connectivity index (χ1v) is 9.97. The van der Waals surface area contributed by atoms with Crippen LogP contribution in [-0.4, -0.2) is 27.1 Å². The average Bonchev–Trinajstić information content (AvgIpc) is 2.52. The van der Waals surface area contributed by atoms with Gasteiger partial charge < -0.3 is 5.32 Å². The number of anilines is 1. The van der Waals surface area contributed by atoms with E-state index in [0.717, 1.165) is 22.9 Å². The number of benzene rings is 2. The summed E-state index contributed by atoms with van der Waals surface area (Å²) < 4.78 is 25.4. The van der Waals surface area contributed by atoms with Crippen LogP contribution in [0.5, 0.6) is 0 Å². The van der Waals surface area contributed by atoms with Crippen molar-refractivity contribution in [2.45, 2.75) is 26.8 Å². The van der Waals surface area contributed by atoms with E-state index in [0.29, 0.717) is 12.2 Å². The molecule has 0 aliphatic heterocycles. The minimum absolute atomic E-state index is 0.104. The summed E-state index contributed by atoms with van der Waals surface area (Å²) in [6.07, 6.45) is 1.26. The lowest BCUT2D eigenvalue weighted by Gasteiger charge is -2.22. The Balaban J connectivity index is 1.97. The van der Waals surface area contributed by atoms with Gasteiger partial charge in [0, 0.05) is 19.5 Å². The number of rotatable bonds is 7. The molecule has 6 heteroatoms. The van der Waals surface area contributed by atoms with Crippen LogP contribution in [0.4, 0.5) is 5.69 Å². The molecule has 2 aromatic rings. The predicted octanol–water partition coefficient (Wildman–Crippen LogP) is 2.78. The molecule has 0 saturated heterocycles. The lowest BCUT2D eigenvalue weighted by Crippen LogP contribution is -2.34. The topological polar surface area (TPSA) is 66.5 Å². The predicted molar refractivity (Wildman–Crippen MR) is 101 cm³/mol. The highest BCUT2D eigenvalue weighted by Crippen LogP contribution is 2.19. The van der Waals surface area contributed by atoms with Crippen LogP contribution in [0, 0.1) is 13.8 Å². The Morgan fingerprint density at radius 2 is 1.68 bits per heavy atom. The molecule has 0 fully saturated rings. The van der Waals surface area contributed by atoms with Crippen molar-refractivity contribution in [2.24, 2.45) is 0 Å². The molecule has 0 saturated carbocycles. The van der Waals surface area contributed by atoms with Crippen molar-refractivity contribution in [2.75, 3.05) is 17.1 Å². The molecular formula is C19H24N2O3S. The second-order valence-corrected chi connectivity index (χ2v) is 8.10. The summed E-state index contributed by atoms with van der Waals surface area (Å²) in [5.74, 6) is -0.178. The molecule has 2 rings (SSSR count). The van der Waals surface area contributed by atoms with Crippen molar-refractivity contribution < 1.29 is 13.2 Å². The van der Waals surface area contributed by atoms with Gasteiger partial charge in [-0.1, -0.05) is 42.0 Å². The third-order valence-corrected chi connectivity index (χ3v) is 5.00. The SMILES string of the molecule is Cc1cccc(CNC(=O)CCN(c2cccc(C)c2)S(C)(=O)=O)c1. The number of nitrogens with one attached hydrogen (secondary N) is 1. The van der Waals surface area contributed by atoms with Crippen LogP contribution in [0.1, 0.15) is 23.1 Å². The molecule has 0 radical (unpaired) electrons. The number of carbonyl (C=O) groups is 1. The summed E-state index contributed by atoms with van der Waals surface area (Å²) >= 11 is 0.